The Balaban J connectivity index is 1.22. The summed E-state index contributed by atoms with van der Waals surface area (Å²) in [5.74, 6) is 0. The molecule has 7 heteroatoms. The summed E-state index contributed by atoms with van der Waals surface area (Å²) in [4.78, 5) is 21.2. The van der Waals surface area contributed by atoms with Crippen molar-refractivity contribution in [2.75, 3.05) is 25.0 Å². The number of anilines is 1. The number of carbonyl (C=O) groups excluding carboxylic acids is 1. The van der Waals surface area contributed by atoms with Crippen LogP contribution in [0.15, 0.2) is 72.2 Å². The van der Waals surface area contributed by atoms with Gasteiger partial charge in [-0.15, -0.1) is 11.3 Å². The van der Waals surface area contributed by atoms with Crippen molar-refractivity contribution < 1.29 is 9.53 Å². The molecule has 2 amide bonds. The van der Waals surface area contributed by atoms with Gasteiger partial charge in [-0.2, -0.15) is 0 Å². The Morgan fingerprint density at radius 3 is 2.71 bits per heavy atom. The van der Waals surface area contributed by atoms with Gasteiger partial charge in [0, 0.05) is 54.6 Å². The van der Waals surface area contributed by atoms with Crippen molar-refractivity contribution in [1.82, 2.24) is 14.3 Å². The Morgan fingerprint density at radius 1 is 1.11 bits per heavy atom. The number of aryl methyl sites for hydroxylation is 2. The van der Waals surface area contributed by atoms with E-state index >= 15 is 0 Å². The van der Waals surface area contributed by atoms with Gasteiger partial charge < -0.3 is 15.0 Å². The summed E-state index contributed by atoms with van der Waals surface area (Å²) >= 11 is 1.64. The van der Waals surface area contributed by atoms with Crippen LogP contribution in [-0.2, 0) is 11.2 Å². The van der Waals surface area contributed by atoms with Gasteiger partial charge in [0.2, 0.25) is 0 Å². The molecule has 1 aliphatic rings. The smallest absolute Gasteiger partial charge is 0.321 e. The first-order valence-corrected chi connectivity index (χ1v) is 14.1. The van der Waals surface area contributed by atoms with E-state index < -0.39 is 0 Å². The van der Waals surface area contributed by atoms with Crippen molar-refractivity contribution in [1.29, 1.82) is 0 Å². The van der Waals surface area contributed by atoms with Gasteiger partial charge in [-0.3, -0.25) is 4.40 Å². The maximum atomic E-state index is 13.5. The van der Waals surface area contributed by atoms with E-state index in [1.807, 2.05) is 36.9 Å². The molecule has 6 nitrogen and oxygen atoms in total. The monoisotopic (exact) mass is 524 g/mol. The molecule has 2 aromatic heterocycles. The van der Waals surface area contributed by atoms with Gasteiger partial charge in [0.1, 0.15) is 0 Å². The zero-order chi connectivity index (χ0) is 26.1. The van der Waals surface area contributed by atoms with Crippen LogP contribution < -0.4 is 5.32 Å². The number of amides is 2. The van der Waals surface area contributed by atoms with Crippen LogP contribution in [0, 0.1) is 13.8 Å². The fraction of sp³-hybridized carbons (Fsp3) is 0.290. The Hall–Kier alpha value is -3.68. The highest BCUT2D eigenvalue weighted by Crippen LogP contribution is 2.27. The van der Waals surface area contributed by atoms with Crippen LogP contribution in [0.2, 0.25) is 0 Å². The minimum Gasteiger partial charge on any atom is -0.376 e. The molecule has 0 bridgehead atoms. The molecule has 3 aromatic carbocycles. The van der Waals surface area contributed by atoms with Crippen LogP contribution in [0.3, 0.4) is 0 Å². The first-order valence-electron chi connectivity index (χ1n) is 13.2. The van der Waals surface area contributed by atoms with E-state index in [-0.39, 0.29) is 12.1 Å². The second-order valence-corrected chi connectivity index (χ2v) is 10.9. The molecule has 1 unspecified atom stereocenters. The van der Waals surface area contributed by atoms with Crippen LogP contribution >= 0.6 is 11.3 Å². The number of benzene rings is 3. The molecule has 3 heterocycles. The molecule has 194 valence electrons. The highest BCUT2D eigenvalue weighted by atomic mass is 32.1. The Morgan fingerprint density at radius 2 is 1.92 bits per heavy atom. The minimum atomic E-state index is -0.0770. The Bertz CT molecular complexity index is 1580. The zero-order valence-electron chi connectivity index (χ0n) is 21.8. The Labute approximate surface area is 226 Å². The van der Waals surface area contributed by atoms with Gasteiger partial charge >= 0.3 is 6.03 Å². The number of thiazole rings is 1. The molecule has 1 saturated heterocycles. The number of nitrogens with one attached hydrogen (secondary N) is 1. The largest absolute Gasteiger partial charge is 0.376 e. The number of urea groups is 1. The number of carbonyl (C=O) groups is 1. The fourth-order valence-electron chi connectivity index (χ4n) is 5.25. The van der Waals surface area contributed by atoms with E-state index in [0.717, 1.165) is 64.6 Å². The molecule has 1 aliphatic heterocycles. The molecule has 0 aliphatic carbocycles. The number of rotatable bonds is 7. The molecule has 1 N–H and O–H groups in total. The second kappa shape index (κ2) is 10.6. The van der Waals surface area contributed by atoms with Crippen LogP contribution in [0.5, 0.6) is 0 Å². The number of para-hydroxylation sites is 1. The van der Waals surface area contributed by atoms with Crippen molar-refractivity contribution in [2.45, 2.75) is 39.2 Å². The van der Waals surface area contributed by atoms with Crippen LogP contribution in [0.4, 0.5) is 10.5 Å². The highest BCUT2D eigenvalue weighted by molar-refractivity contribution is 7.15. The molecule has 38 heavy (non-hydrogen) atoms. The first-order chi connectivity index (χ1) is 18.5. The van der Waals surface area contributed by atoms with E-state index in [0.29, 0.717) is 13.1 Å². The third-order valence-electron chi connectivity index (χ3n) is 7.41. The summed E-state index contributed by atoms with van der Waals surface area (Å²) in [6.45, 7) is 6.03. The predicted molar refractivity (Wildman–Crippen MR) is 155 cm³/mol. The van der Waals surface area contributed by atoms with Gasteiger partial charge in [0.15, 0.2) is 4.96 Å². The summed E-state index contributed by atoms with van der Waals surface area (Å²) in [5.41, 5.74) is 6.25. The maximum Gasteiger partial charge on any atom is 0.321 e. The van der Waals surface area contributed by atoms with Gasteiger partial charge in [-0.05, 0) is 54.7 Å². The molecule has 6 rings (SSSR count). The van der Waals surface area contributed by atoms with Gasteiger partial charge in [-0.25, -0.2) is 9.78 Å². The number of ether oxygens (including phenoxy) is 1. The van der Waals surface area contributed by atoms with Crippen LogP contribution in [0.1, 0.15) is 29.7 Å². The van der Waals surface area contributed by atoms with Gasteiger partial charge in [0.05, 0.1) is 11.8 Å². The second-order valence-electron chi connectivity index (χ2n) is 10.1. The molecule has 0 saturated carbocycles. The molecule has 5 aromatic rings. The lowest BCUT2D eigenvalue weighted by Crippen LogP contribution is -2.41. The number of fused-ring (bicyclic) bond motifs is 2. The third kappa shape index (κ3) is 5.04. The standard InChI is InChI=1S/C31H32N4O2S/c1-21-7-5-8-22(2)29(21)33-30(36)34(18-27-11-6-16-37-27)15-14-26-20-38-31-32-28(19-35(26)31)25-13-12-23-9-3-4-10-24(23)17-25/h3-5,7-10,12-13,17,19-20,27H,6,11,14-16,18H2,1-2H3,(H,33,36). The zero-order valence-corrected chi connectivity index (χ0v) is 22.6. The average Bonchev–Trinajstić information content (AvgIpc) is 3.67. The van der Waals surface area contributed by atoms with E-state index in [9.17, 15) is 4.79 Å². The van der Waals surface area contributed by atoms with Crippen molar-refractivity contribution in [3.8, 4) is 11.3 Å². The van der Waals surface area contributed by atoms with E-state index in [2.05, 4.69) is 63.8 Å². The summed E-state index contributed by atoms with van der Waals surface area (Å²) in [6.07, 6.45) is 4.99. The highest BCUT2D eigenvalue weighted by Gasteiger charge is 2.24. The van der Waals surface area contributed by atoms with E-state index in [1.165, 1.54) is 10.8 Å². The van der Waals surface area contributed by atoms with E-state index in [4.69, 9.17) is 9.72 Å². The molecule has 1 atom stereocenters. The summed E-state index contributed by atoms with van der Waals surface area (Å²) in [5, 5.41) is 7.76. The molecule has 0 radical (unpaired) electrons. The number of hydrogen-bond acceptors (Lipinski definition) is 4. The van der Waals surface area contributed by atoms with Crippen molar-refractivity contribution in [2.24, 2.45) is 0 Å². The number of imidazole rings is 1. The molecule has 0 spiro atoms. The normalized spacial score (nSPS) is 15.4. The average molecular weight is 525 g/mol. The lowest BCUT2D eigenvalue weighted by atomic mass is 10.1. The molecular weight excluding hydrogens is 492 g/mol. The topological polar surface area (TPSA) is 58.9 Å². The first kappa shape index (κ1) is 24.6. The lowest BCUT2D eigenvalue weighted by molar-refractivity contribution is 0.0838. The minimum absolute atomic E-state index is 0.0770. The van der Waals surface area contributed by atoms with Crippen molar-refractivity contribution >= 4 is 38.8 Å². The molecular formula is C31H32N4O2S. The number of nitrogens with zero attached hydrogens (tertiary/aromatic N) is 3. The van der Waals surface area contributed by atoms with Crippen LogP contribution in [0.25, 0.3) is 27.0 Å². The summed E-state index contributed by atoms with van der Waals surface area (Å²) < 4.78 is 8.06. The number of aromatic nitrogens is 2. The fourth-order valence-corrected chi connectivity index (χ4v) is 6.16. The van der Waals surface area contributed by atoms with Gasteiger partial charge in [-0.1, -0.05) is 54.6 Å². The van der Waals surface area contributed by atoms with Crippen molar-refractivity contribution in [3.05, 3.63) is 89.1 Å². The summed E-state index contributed by atoms with van der Waals surface area (Å²) in [6, 6.07) is 20.9. The maximum absolute atomic E-state index is 13.5. The third-order valence-corrected chi connectivity index (χ3v) is 8.30. The quantitative estimate of drug-likeness (QED) is 0.247. The number of hydrogen-bond donors (Lipinski definition) is 1. The predicted octanol–water partition coefficient (Wildman–Crippen LogP) is 7.09. The molecule has 1 fully saturated rings. The van der Waals surface area contributed by atoms with E-state index in [1.54, 1.807) is 11.3 Å². The Kier molecular flexibility index (Phi) is 6.87. The van der Waals surface area contributed by atoms with Gasteiger partial charge in [0.25, 0.3) is 0 Å². The van der Waals surface area contributed by atoms with Crippen molar-refractivity contribution in [3.63, 3.8) is 0 Å². The lowest BCUT2D eigenvalue weighted by Gasteiger charge is -2.26. The van der Waals surface area contributed by atoms with Crippen LogP contribution in [-0.4, -0.2) is 46.1 Å². The summed E-state index contributed by atoms with van der Waals surface area (Å²) in [7, 11) is 0. The SMILES string of the molecule is Cc1cccc(C)c1NC(=O)N(CCc1csc2nc(-c3ccc4ccccc4c3)cn12)CC1CCCO1.